The Morgan fingerprint density at radius 2 is 1.62 bits per heavy atom. The quantitative estimate of drug-likeness (QED) is 0.742. The van der Waals surface area contributed by atoms with Gasteiger partial charge in [0.2, 0.25) is 15.9 Å². The number of nitrogens with one attached hydrogen (secondary N) is 1. The van der Waals surface area contributed by atoms with Gasteiger partial charge < -0.3 is 14.8 Å². The average molecular weight is 421 g/mol. The van der Waals surface area contributed by atoms with Gasteiger partial charge in [0.05, 0.1) is 26.2 Å². The van der Waals surface area contributed by atoms with Gasteiger partial charge in [-0.25, -0.2) is 8.42 Å². The second-order valence-electron chi connectivity index (χ2n) is 7.04. The molecule has 0 aliphatic heterocycles. The number of rotatable bonds is 7. The summed E-state index contributed by atoms with van der Waals surface area (Å²) in [5.74, 6) is 0.321. The number of nitrogens with zero attached hydrogens (tertiary/aromatic N) is 1. The van der Waals surface area contributed by atoms with Gasteiger partial charge >= 0.3 is 0 Å². The second-order valence-corrected chi connectivity index (χ2v) is 8.89. The van der Waals surface area contributed by atoms with Crippen molar-refractivity contribution in [2.75, 3.05) is 30.1 Å². The molecule has 0 aliphatic carbocycles. The second kappa shape index (κ2) is 8.73. The summed E-state index contributed by atoms with van der Waals surface area (Å²) in [7, 11) is -0.880. The average Bonchev–Trinajstić information content (AvgIpc) is 2.63. The van der Waals surface area contributed by atoms with E-state index in [2.05, 4.69) is 5.32 Å². The molecule has 0 saturated heterocycles. The van der Waals surface area contributed by atoms with Gasteiger partial charge in [-0.2, -0.15) is 0 Å². The molecule has 2 aromatic carbocycles. The van der Waals surface area contributed by atoms with Crippen LogP contribution in [-0.2, 0) is 14.8 Å². The number of carbonyl (C=O) groups excluding carboxylic acids is 1. The smallest absolute Gasteiger partial charge is 0.248 e. The van der Waals surface area contributed by atoms with Crippen LogP contribution in [0.1, 0.15) is 23.6 Å². The molecule has 0 aliphatic rings. The lowest BCUT2D eigenvalue weighted by molar-refractivity contribution is -0.116. The monoisotopic (exact) mass is 420 g/mol. The molecule has 0 bridgehead atoms. The number of ether oxygens (including phenoxy) is 2. The lowest BCUT2D eigenvalue weighted by Crippen LogP contribution is -2.45. The van der Waals surface area contributed by atoms with Gasteiger partial charge in [0.15, 0.2) is 0 Å². The summed E-state index contributed by atoms with van der Waals surface area (Å²) in [5.41, 5.74) is 3.82. The number of carbonyl (C=O) groups is 1. The highest BCUT2D eigenvalue weighted by molar-refractivity contribution is 7.92. The Morgan fingerprint density at radius 1 is 1.03 bits per heavy atom. The first-order chi connectivity index (χ1) is 13.5. The van der Waals surface area contributed by atoms with Gasteiger partial charge in [0, 0.05) is 11.8 Å². The molecular weight excluding hydrogens is 392 g/mol. The molecule has 1 amide bonds. The number of hydrogen-bond acceptors (Lipinski definition) is 5. The van der Waals surface area contributed by atoms with Crippen LogP contribution in [-0.4, -0.2) is 40.8 Å². The SMILES string of the molecule is COc1ccc(OC)c(N([C@@H](C)C(=O)Nc2c(C)cc(C)cc2C)S(C)(=O)=O)c1. The normalized spacial score (nSPS) is 12.2. The van der Waals surface area contributed by atoms with Crippen LogP contribution in [0.25, 0.3) is 0 Å². The van der Waals surface area contributed by atoms with Crippen LogP contribution in [0, 0.1) is 20.8 Å². The van der Waals surface area contributed by atoms with Crippen molar-refractivity contribution >= 4 is 27.3 Å². The lowest BCUT2D eigenvalue weighted by atomic mass is 10.0. The van der Waals surface area contributed by atoms with Crippen molar-refractivity contribution in [1.82, 2.24) is 0 Å². The van der Waals surface area contributed by atoms with Crippen molar-refractivity contribution in [2.24, 2.45) is 0 Å². The van der Waals surface area contributed by atoms with Gasteiger partial charge in [-0.1, -0.05) is 17.7 Å². The van der Waals surface area contributed by atoms with Crippen molar-refractivity contribution in [3.8, 4) is 11.5 Å². The van der Waals surface area contributed by atoms with E-state index in [-0.39, 0.29) is 5.69 Å². The van der Waals surface area contributed by atoms with Crippen LogP contribution >= 0.6 is 0 Å². The molecule has 0 aromatic heterocycles. The van der Waals surface area contributed by atoms with E-state index in [0.717, 1.165) is 27.3 Å². The van der Waals surface area contributed by atoms with Gasteiger partial charge in [-0.15, -0.1) is 0 Å². The molecule has 2 rings (SSSR count). The number of hydrogen-bond donors (Lipinski definition) is 1. The maximum Gasteiger partial charge on any atom is 0.248 e. The molecule has 0 unspecified atom stereocenters. The zero-order valence-corrected chi connectivity index (χ0v) is 18.7. The third kappa shape index (κ3) is 5.00. The fourth-order valence-electron chi connectivity index (χ4n) is 3.35. The van der Waals surface area contributed by atoms with E-state index in [9.17, 15) is 13.2 Å². The Bertz CT molecular complexity index is 995. The topological polar surface area (TPSA) is 84.9 Å². The molecule has 0 spiro atoms. The molecular formula is C21H28N2O5S. The first kappa shape index (κ1) is 22.5. The van der Waals surface area contributed by atoms with E-state index in [1.165, 1.54) is 27.2 Å². The molecule has 0 fully saturated rings. The summed E-state index contributed by atoms with van der Waals surface area (Å²) in [6.45, 7) is 7.32. The fourth-order valence-corrected chi connectivity index (χ4v) is 4.52. The van der Waals surface area contributed by atoms with Gasteiger partial charge in [-0.3, -0.25) is 9.10 Å². The van der Waals surface area contributed by atoms with Crippen LogP contribution in [0.15, 0.2) is 30.3 Å². The van der Waals surface area contributed by atoms with E-state index < -0.39 is 22.0 Å². The molecule has 0 radical (unpaired) electrons. The maximum atomic E-state index is 13.0. The van der Waals surface area contributed by atoms with Crippen LogP contribution < -0.4 is 19.1 Å². The molecule has 29 heavy (non-hydrogen) atoms. The molecule has 8 heteroatoms. The Labute approximate surface area is 172 Å². The summed E-state index contributed by atoms with van der Waals surface area (Å²) in [6.07, 6.45) is 1.05. The minimum atomic E-state index is -3.80. The number of aryl methyl sites for hydroxylation is 3. The number of sulfonamides is 1. The Hall–Kier alpha value is -2.74. The van der Waals surface area contributed by atoms with Crippen LogP contribution in [0.5, 0.6) is 11.5 Å². The molecule has 0 heterocycles. The van der Waals surface area contributed by atoms with Gasteiger partial charge in [0.1, 0.15) is 17.5 Å². The van der Waals surface area contributed by atoms with Crippen molar-refractivity contribution in [3.05, 3.63) is 47.0 Å². The van der Waals surface area contributed by atoms with Crippen molar-refractivity contribution in [3.63, 3.8) is 0 Å². The summed E-state index contributed by atoms with van der Waals surface area (Å²) in [6, 6.07) is 7.70. The zero-order chi connectivity index (χ0) is 21.9. The lowest BCUT2D eigenvalue weighted by Gasteiger charge is -2.30. The standard InChI is InChI=1S/C21H28N2O5S/c1-13-10-14(2)20(15(3)11-13)22-21(24)16(4)23(29(7,25)26)18-12-17(27-5)8-9-19(18)28-6/h8-12,16H,1-7H3,(H,22,24)/t16-/m0/s1. The molecule has 0 saturated carbocycles. The Morgan fingerprint density at radius 3 is 2.10 bits per heavy atom. The minimum Gasteiger partial charge on any atom is -0.497 e. The van der Waals surface area contributed by atoms with E-state index in [4.69, 9.17) is 9.47 Å². The Kier molecular flexibility index (Phi) is 6.79. The predicted molar refractivity (Wildman–Crippen MR) is 116 cm³/mol. The summed E-state index contributed by atoms with van der Waals surface area (Å²) < 4.78 is 36.8. The number of methoxy groups -OCH3 is 2. The molecule has 1 atom stereocenters. The van der Waals surface area contributed by atoms with E-state index >= 15 is 0 Å². The van der Waals surface area contributed by atoms with Crippen molar-refractivity contribution < 1.29 is 22.7 Å². The van der Waals surface area contributed by atoms with E-state index in [0.29, 0.717) is 17.2 Å². The number of benzene rings is 2. The van der Waals surface area contributed by atoms with Gasteiger partial charge in [0.25, 0.3) is 0 Å². The van der Waals surface area contributed by atoms with E-state index in [1.54, 1.807) is 12.1 Å². The van der Waals surface area contributed by atoms with Crippen molar-refractivity contribution in [1.29, 1.82) is 0 Å². The van der Waals surface area contributed by atoms with Crippen LogP contribution in [0.2, 0.25) is 0 Å². The summed E-state index contributed by atoms with van der Waals surface area (Å²) >= 11 is 0. The van der Waals surface area contributed by atoms with Crippen molar-refractivity contribution in [2.45, 2.75) is 33.7 Å². The highest BCUT2D eigenvalue weighted by Gasteiger charge is 2.32. The van der Waals surface area contributed by atoms with Gasteiger partial charge in [-0.05, 0) is 51.0 Å². The molecule has 2 aromatic rings. The number of anilines is 2. The van der Waals surface area contributed by atoms with Crippen LogP contribution in [0.3, 0.4) is 0 Å². The first-order valence-corrected chi connectivity index (χ1v) is 10.9. The highest BCUT2D eigenvalue weighted by atomic mass is 32.2. The maximum absolute atomic E-state index is 13.0. The molecule has 1 N–H and O–H groups in total. The van der Waals surface area contributed by atoms with E-state index in [1.807, 2.05) is 32.9 Å². The predicted octanol–water partition coefficient (Wildman–Crippen LogP) is 3.42. The third-order valence-electron chi connectivity index (χ3n) is 4.64. The summed E-state index contributed by atoms with van der Waals surface area (Å²) in [5, 5.41) is 2.88. The zero-order valence-electron chi connectivity index (χ0n) is 17.9. The Balaban J connectivity index is 2.48. The van der Waals surface area contributed by atoms with Crippen LogP contribution in [0.4, 0.5) is 11.4 Å². The first-order valence-electron chi connectivity index (χ1n) is 9.09. The molecule has 7 nitrogen and oxygen atoms in total. The largest absolute Gasteiger partial charge is 0.497 e. The number of amides is 1. The third-order valence-corrected chi connectivity index (χ3v) is 5.86. The highest BCUT2D eigenvalue weighted by Crippen LogP contribution is 2.35. The minimum absolute atomic E-state index is 0.231. The molecule has 158 valence electrons. The summed E-state index contributed by atoms with van der Waals surface area (Å²) in [4.78, 5) is 13.0. The fraction of sp³-hybridized carbons (Fsp3) is 0.381.